The molecular weight excluding hydrogens is 339 g/mol. The number of benzene rings is 2. The van der Waals surface area contributed by atoms with Crippen molar-refractivity contribution in [2.75, 3.05) is 12.4 Å². The highest BCUT2D eigenvalue weighted by molar-refractivity contribution is 7.07. The summed E-state index contributed by atoms with van der Waals surface area (Å²) < 4.78 is 20.9. The van der Waals surface area contributed by atoms with Gasteiger partial charge in [-0.1, -0.05) is 29.7 Å². The van der Waals surface area contributed by atoms with Crippen molar-refractivity contribution < 1.29 is 9.13 Å². The fourth-order valence-electron chi connectivity index (χ4n) is 2.24. The zero-order chi connectivity index (χ0) is 17.8. The Kier molecular flexibility index (Phi) is 4.95. The molecule has 5 nitrogen and oxygen atoms in total. The van der Waals surface area contributed by atoms with Gasteiger partial charge < -0.3 is 10.1 Å². The zero-order valence-corrected chi connectivity index (χ0v) is 14.6. The number of nitrogens with one attached hydrogen (secondary N) is 2. The van der Waals surface area contributed by atoms with E-state index in [-0.39, 0.29) is 11.2 Å². The van der Waals surface area contributed by atoms with Crippen molar-refractivity contribution in [2.45, 2.75) is 6.92 Å². The summed E-state index contributed by atoms with van der Waals surface area (Å²) in [5.74, 6) is 0.614. The molecule has 0 saturated heterocycles. The maximum absolute atomic E-state index is 14.0. The second-order valence-corrected chi connectivity index (χ2v) is 6.46. The van der Waals surface area contributed by atoms with E-state index in [9.17, 15) is 4.39 Å². The van der Waals surface area contributed by atoms with E-state index in [1.165, 1.54) is 17.6 Å². The molecule has 0 saturated carbocycles. The first kappa shape index (κ1) is 16.9. The number of aliphatic imine (C=N–C) groups is 1. The molecule has 3 aromatic rings. The van der Waals surface area contributed by atoms with Crippen LogP contribution in [-0.4, -0.2) is 17.0 Å². The predicted octanol–water partition coefficient (Wildman–Crippen LogP) is 4.13. The smallest absolute Gasteiger partial charge is 0.223 e. The largest absolute Gasteiger partial charge is 0.497 e. The molecule has 0 aliphatic carbocycles. The summed E-state index contributed by atoms with van der Waals surface area (Å²) >= 11 is 1.36. The summed E-state index contributed by atoms with van der Waals surface area (Å²) in [4.78, 5) is 5.35. The van der Waals surface area contributed by atoms with Gasteiger partial charge in [0.2, 0.25) is 5.96 Å². The summed E-state index contributed by atoms with van der Waals surface area (Å²) in [5.41, 5.74) is 1.20. The van der Waals surface area contributed by atoms with Crippen molar-refractivity contribution in [1.29, 1.82) is 5.41 Å². The van der Waals surface area contributed by atoms with Crippen LogP contribution >= 0.6 is 11.5 Å². The Labute approximate surface area is 148 Å². The summed E-state index contributed by atoms with van der Waals surface area (Å²) in [6, 6.07) is 15.3. The third kappa shape index (κ3) is 3.95. The Bertz CT molecular complexity index is 977. The molecule has 0 aliphatic heterocycles. The molecule has 25 heavy (non-hydrogen) atoms. The van der Waals surface area contributed by atoms with Gasteiger partial charge in [0.05, 0.1) is 7.11 Å². The highest BCUT2D eigenvalue weighted by Crippen LogP contribution is 2.20. The Hall–Kier alpha value is -2.93. The summed E-state index contributed by atoms with van der Waals surface area (Å²) in [7, 11) is 1.59. The van der Waals surface area contributed by atoms with Crippen molar-refractivity contribution in [1.82, 2.24) is 3.96 Å². The van der Waals surface area contributed by atoms with E-state index >= 15 is 0 Å². The molecule has 0 radical (unpaired) electrons. The van der Waals surface area contributed by atoms with Gasteiger partial charge in [0, 0.05) is 16.6 Å². The lowest BCUT2D eigenvalue weighted by molar-refractivity contribution is 0.415. The first-order valence-electron chi connectivity index (χ1n) is 7.56. The van der Waals surface area contributed by atoms with Gasteiger partial charge in [-0.05, 0) is 37.3 Å². The summed E-state index contributed by atoms with van der Waals surface area (Å²) in [6.07, 6.45) is 0. The monoisotopic (exact) mass is 356 g/mol. The van der Waals surface area contributed by atoms with E-state index in [4.69, 9.17) is 10.1 Å². The number of hydrogen-bond donors (Lipinski definition) is 2. The van der Waals surface area contributed by atoms with Crippen molar-refractivity contribution in [3.63, 3.8) is 0 Å². The van der Waals surface area contributed by atoms with E-state index in [1.807, 2.05) is 31.2 Å². The van der Waals surface area contributed by atoms with E-state index in [0.717, 1.165) is 10.6 Å². The number of aryl methyl sites for hydroxylation is 1. The number of halogens is 1. The van der Waals surface area contributed by atoms with E-state index in [0.29, 0.717) is 11.7 Å². The lowest BCUT2D eigenvalue weighted by Gasteiger charge is -2.11. The molecule has 0 bridgehead atoms. The molecule has 0 amide bonds. The fraction of sp³-hybridized carbons (Fsp3) is 0.111. The molecule has 0 fully saturated rings. The predicted molar refractivity (Wildman–Crippen MR) is 98.4 cm³/mol. The Balaban J connectivity index is 2.07. The molecular formula is C18H17FN4OS. The number of aromatic nitrogens is 1. The van der Waals surface area contributed by atoms with Gasteiger partial charge in [-0.25, -0.2) is 13.3 Å². The molecule has 3 rings (SSSR count). The third-order valence-electron chi connectivity index (χ3n) is 3.39. The van der Waals surface area contributed by atoms with Crippen molar-refractivity contribution in [3.8, 4) is 5.75 Å². The van der Waals surface area contributed by atoms with E-state index in [2.05, 4.69) is 10.3 Å². The van der Waals surface area contributed by atoms with Crippen LogP contribution in [0.25, 0.3) is 0 Å². The van der Waals surface area contributed by atoms with Crippen molar-refractivity contribution in [2.24, 2.45) is 4.99 Å². The van der Waals surface area contributed by atoms with Crippen LogP contribution in [0.3, 0.4) is 0 Å². The fourth-order valence-corrected chi connectivity index (χ4v) is 3.01. The average molecular weight is 356 g/mol. The van der Waals surface area contributed by atoms with E-state index in [1.54, 1.807) is 35.3 Å². The summed E-state index contributed by atoms with van der Waals surface area (Å²) in [6.45, 7) is 1.91. The maximum Gasteiger partial charge on any atom is 0.223 e. The lowest BCUT2D eigenvalue weighted by atomic mass is 10.3. The molecule has 2 aromatic carbocycles. The highest BCUT2D eigenvalue weighted by atomic mass is 32.1. The van der Waals surface area contributed by atoms with Gasteiger partial charge in [-0.3, -0.25) is 5.41 Å². The SMILES string of the molecule is COc1cccc(NC(=Nc2ccccc2F)n2sc(C)cc2=N)c1. The number of nitrogens with zero attached hydrogens (tertiary/aromatic N) is 2. The number of ether oxygens (including phenoxy) is 1. The van der Waals surface area contributed by atoms with Gasteiger partial charge >= 0.3 is 0 Å². The molecule has 128 valence electrons. The highest BCUT2D eigenvalue weighted by Gasteiger charge is 2.10. The molecule has 0 atom stereocenters. The van der Waals surface area contributed by atoms with Crippen LogP contribution in [0.4, 0.5) is 15.8 Å². The van der Waals surface area contributed by atoms with Gasteiger partial charge in [0.1, 0.15) is 22.7 Å². The Morgan fingerprint density at radius 2 is 2.00 bits per heavy atom. The lowest BCUT2D eigenvalue weighted by Crippen LogP contribution is -2.28. The molecule has 0 aliphatic rings. The third-order valence-corrected chi connectivity index (χ3v) is 4.35. The number of hydrogen-bond acceptors (Lipinski definition) is 4. The normalized spacial score (nSPS) is 11.4. The van der Waals surface area contributed by atoms with Gasteiger partial charge in [-0.15, -0.1) is 0 Å². The number of methoxy groups -OCH3 is 1. The zero-order valence-electron chi connectivity index (χ0n) is 13.8. The minimum atomic E-state index is -0.423. The number of para-hydroxylation sites is 1. The molecule has 0 spiro atoms. The molecule has 0 unspecified atom stereocenters. The molecule has 1 aromatic heterocycles. The van der Waals surface area contributed by atoms with Gasteiger partial charge in [-0.2, -0.15) is 0 Å². The van der Waals surface area contributed by atoms with Crippen molar-refractivity contribution in [3.05, 3.63) is 70.8 Å². The van der Waals surface area contributed by atoms with Gasteiger partial charge in [0.15, 0.2) is 0 Å². The number of anilines is 1. The minimum Gasteiger partial charge on any atom is -0.497 e. The van der Waals surface area contributed by atoms with Crippen LogP contribution in [0.1, 0.15) is 4.88 Å². The number of rotatable bonds is 3. The van der Waals surface area contributed by atoms with Crippen LogP contribution in [0, 0.1) is 18.2 Å². The van der Waals surface area contributed by atoms with Crippen LogP contribution in [0.5, 0.6) is 5.75 Å². The van der Waals surface area contributed by atoms with Crippen LogP contribution in [0.15, 0.2) is 59.6 Å². The second-order valence-electron chi connectivity index (χ2n) is 5.27. The topological polar surface area (TPSA) is 62.4 Å². The van der Waals surface area contributed by atoms with E-state index < -0.39 is 5.82 Å². The van der Waals surface area contributed by atoms with Crippen LogP contribution in [-0.2, 0) is 0 Å². The second kappa shape index (κ2) is 7.31. The molecule has 7 heteroatoms. The van der Waals surface area contributed by atoms with Crippen LogP contribution in [0.2, 0.25) is 0 Å². The first-order valence-corrected chi connectivity index (χ1v) is 8.33. The Morgan fingerprint density at radius 1 is 1.20 bits per heavy atom. The summed E-state index contributed by atoms with van der Waals surface area (Å²) in [5, 5.41) is 11.3. The molecule has 2 N–H and O–H groups in total. The van der Waals surface area contributed by atoms with Crippen LogP contribution < -0.4 is 15.5 Å². The minimum absolute atomic E-state index is 0.200. The molecule has 1 heterocycles. The standard InChI is InChI=1S/C18H17FN4OS/c1-12-10-17(20)23(25-12)18(22-16-9-4-3-8-15(16)19)21-13-6-5-7-14(11-13)24-2/h3-11,20H,1-2H3,(H,21,22). The van der Waals surface area contributed by atoms with Crippen molar-refractivity contribution >= 4 is 28.9 Å². The average Bonchev–Trinajstić information content (AvgIpc) is 2.94. The Morgan fingerprint density at radius 3 is 2.68 bits per heavy atom. The maximum atomic E-state index is 14.0. The van der Waals surface area contributed by atoms with Gasteiger partial charge in [0.25, 0.3) is 0 Å². The quantitative estimate of drug-likeness (QED) is 0.547. The first-order chi connectivity index (χ1) is 12.1.